The van der Waals surface area contributed by atoms with E-state index in [1.54, 1.807) is 0 Å². The fourth-order valence-corrected chi connectivity index (χ4v) is 14.2. The average molecular weight is 1100 g/mol. The highest BCUT2D eigenvalue weighted by Crippen LogP contribution is 2.54. The minimum absolute atomic E-state index is 0.0128. The van der Waals surface area contributed by atoms with Crippen LogP contribution in [-0.2, 0) is 30.7 Å². The van der Waals surface area contributed by atoms with Gasteiger partial charge in [0, 0.05) is 11.1 Å². The maximum Gasteiger partial charge on any atom is 0.326 e. The lowest BCUT2D eigenvalue weighted by atomic mass is 9.68. The Hall–Kier alpha value is -4.10. The lowest BCUT2D eigenvalue weighted by molar-refractivity contribution is 0.230. The molecule has 2 aliphatic carbocycles. The van der Waals surface area contributed by atoms with Crippen LogP contribution in [0.2, 0.25) is 0 Å². The van der Waals surface area contributed by atoms with Crippen molar-refractivity contribution >= 4 is 27.4 Å². The van der Waals surface area contributed by atoms with Crippen molar-refractivity contribution < 1.29 is 18.1 Å². The molecule has 6 atom stereocenters. The van der Waals surface area contributed by atoms with Gasteiger partial charge in [0.1, 0.15) is 23.0 Å². The van der Waals surface area contributed by atoms with Crippen LogP contribution < -0.4 is 19.7 Å². The monoisotopic (exact) mass is 1090 g/mol. The van der Waals surface area contributed by atoms with Crippen molar-refractivity contribution in [1.82, 2.24) is 0 Å². The van der Waals surface area contributed by atoms with E-state index in [0.29, 0.717) is 23.7 Å². The molecule has 6 heteroatoms. The Morgan fingerprint density at radius 1 is 0.333 bits per heavy atom. The Labute approximate surface area is 479 Å². The SMILES string of the molecule is Cc1cc(OP(OC2=CC(C)C(C(C)(C)C)C=C2C(C)(C)C)c2ccc(-c3ccc(P(OC4=CC(C)C(C(C)(C)C)C=C4C(C)(C)C)Oc4cc(C)c(C(C)(C)C)cc4C(C)(C)C)cc3)cc2)c(C(C)(C)C)cc1C(C)(C)C. The molecule has 4 aromatic carbocycles. The molecule has 0 heterocycles. The molecule has 4 aromatic rings. The molecule has 0 radical (unpaired) electrons. The second-order valence-electron chi connectivity index (χ2n) is 31.5. The van der Waals surface area contributed by atoms with Crippen LogP contribution in [0.3, 0.4) is 0 Å². The molecule has 0 amide bonds. The first-order chi connectivity index (χ1) is 35.3. The molecule has 2 aliphatic rings. The average Bonchev–Trinajstić information content (AvgIpc) is 3.25. The van der Waals surface area contributed by atoms with E-state index in [0.717, 1.165) is 44.8 Å². The summed E-state index contributed by atoms with van der Waals surface area (Å²) in [4.78, 5) is 0. The van der Waals surface area contributed by atoms with Crippen LogP contribution in [-0.4, -0.2) is 0 Å². The predicted molar refractivity (Wildman–Crippen MR) is 341 cm³/mol. The van der Waals surface area contributed by atoms with Gasteiger partial charge in [-0.3, -0.25) is 0 Å². The maximum absolute atomic E-state index is 7.37. The van der Waals surface area contributed by atoms with Gasteiger partial charge < -0.3 is 18.1 Å². The summed E-state index contributed by atoms with van der Waals surface area (Å²) in [6.45, 7) is 64.4. The number of aryl methyl sites for hydroxylation is 2. The molecule has 0 saturated heterocycles. The van der Waals surface area contributed by atoms with Crippen LogP contribution in [0.5, 0.6) is 11.5 Å². The first-order valence-corrected chi connectivity index (χ1v) is 31.4. The normalized spacial score (nSPS) is 20.0. The quantitative estimate of drug-likeness (QED) is 0.140. The summed E-state index contributed by atoms with van der Waals surface area (Å²) < 4.78 is 29.5. The Balaban J connectivity index is 1.45. The largest absolute Gasteiger partial charge is 0.435 e. The molecule has 0 aliphatic heterocycles. The zero-order valence-electron chi connectivity index (χ0n) is 54.1. The molecule has 4 nitrogen and oxygen atoms in total. The zero-order valence-corrected chi connectivity index (χ0v) is 55.9. The van der Waals surface area contributed by atoms with Crippen molar-refractivity contribution in [3.8, 4) is 22.6 Å². The summed E-state index contributed by atoms with van der Waals surface area (Å²) in [5, 5.41) is 2.03. The van der Waals surface area contributed by atoms with Gasteiger partial charge >= 0.3 is 16.8 Å². The fraction of sp³-hybridized carbons (Fsp3) is 0.556. The molecule has 6 unspecified atom stereocenters. The van der Waals surface area contributed by atoms with Crippen molar-refractivity contribution in [2.24, 2.45) is 45.3 Å². The Morgan fingerprint density at radius 3 is 0.859 bits per heavy atom. The summed E-state index contributed by atoms with van der Waals surface area (Å²) in [6.07, 6.45) is 9.72. The minimum Gasteiger partial charge on any atom is -0.435 e. The van der Waals surface area contributed by atoms with E-state index < -0.39 is 16.8 Å². The van der Waals surface area contributed by atoms with Gasteiger partial charge in [0.05, 0.1) is 10.6 Å². The van der Waals surface area contributed by atoms with Crippen molar-refractivity contribution in [2.45, 2.75) is 216 Å². The molecule has 0 fully saturated rings. The molecule has 0 spiro atoms. The maximum atomic E-state index is 7.37. The van der Waals surface area contributed by atoms with E-state index in [-0.39, 0.29) is 43.3 Å². The van der Waals surface area contributed by atoms with Crippen LogP contribution >= 0.6 is 16.8 Å². The van der Waals surface area contributed by atoms with Gasteiger partial charge in [-0.25, -0.2) is 0 Å². The number of benzene rings is 4. The minimum atomic E-state index is -1.63. The fourth-order valence-electron chi connectivity index (χ4n) is 11.6. The summed E-state index contributed by atoms with van der Waals surface area (Å²) in [7, 11) is -3.26. The van der Waals surface area contributed by atoms with Gasteiger partial charge in [0.15, 0.2) is 0 Å². The topological polar surface area (TPSA) is 36.9 Å². The van der Waals surface area contributed by atoms with Crippen LogP contribution in [0.15, 0.2) is 120 Å². The molecule has 0 bridgehead atoms. The third-order valence-corrected chi connectivity index (χ3v) is 18.8. The lowest BCUT2D eigenvalue weighted by Crippen LogP contribution is -2.30. The van der Waals surface area contributed by atoms with Crippen molar-refractivity contribution in [1.29, 1.82) is 0 Å². The molecule has 0 N–H and O–H groups in total. The summed E-state index contributed by atoms with van der Waals surface area (Å²) in [5.74, 6) is 4.96. The van der Waals surface area contributed by atoms with Gasteiger partial charge in [0.2, 0.25) is 0 Å². The van der Waals surface area contributed by atoms with Gasteiger partial charge in [0.25, 0.3) is 0 Å². The van der Waals surface area contributed by atoms with Crippen LogP contribution in [0.25, 0.3) is 11.1 Å². The molecule has 0 saturated carbocycles. The Bertz CT molecular complexity index is 2700. The molecule has 0 aromatic heterocycles. The van der Waals surface area contributed by atoms with Crippen LogP contribution in [0.4, 0.5) is 0 Å². The highest BCUT2D eigenvalue weighted by molar-refractivity contribution is 7.56. The van der Waals surface area contributed by atoms with Crippen molar-refractivity contribution in [3.05, 3.63) is 153 Å². The molecular formula is C72H104O4P2. The van der Waals surface area contributed by atoms with E-state index in [1.165, 1.54) is 44.5 Å². The van der Waals surface area contributed by atoms with E-state index in [9.17, 15) is 0 Å². The lowest BCUT2D eigenvalue weighted by Gasteiger charge is -2.39. The second kappa shape index (κ2) is 22.3. The van der Waals surface area contributed by atoms with Gasteiger partial charge in [-0.1, -0.05) is 229 Å². The highest BCUT2D eigenvalue weighted by atomic mass is 31.2. The summed E-state index contributed by atoms with van der Waals surface area (Å²) in [6, 6.07) is 27.0. The molecule has 426 valence electrons. The zero-order chi connectivity index (χ0) is 58.8. The Morgan fingerprint density at radius 2 is 0.615 bits per heavy atom. The third kappa shape index (κ3) is 14.9. The number of rotatable bonds is 11. The number of hydrogen-bond acceptors (Lipinski definition) is 4. The molecule has 6 rings (SSSR count). The van der Waals surface area contributed by atoms with Crippen LogP contribution in [0, 0.1) is 59.2 Å². The third-order valence-electron chi connectivity index (χ3n) is 15.9. The first kappa shape index (κ1) is 63.1. The molecular weight excluding hydrogens is 991 g/mol. The summed E-state index contributed by atoms with van der Waals surface area (Å²) >= 11 is 0. The smallest absolute Gasteiger partial charge is 0.326 e. The van der Waals surface area contributed by atoms with Crippen molar-refractivity contribution in [3.63, 3.8) is 0 Å². The van der Waals surface area contributed by atoms with Gasteiger partial charge in [-0.15, -0.1) is 0 Å². The van der Waals surface area contributed by atoms with E-state index >= 15 is 0 Å². The predicted octanol–water partition coefficient (Wildman–Crippen LogP) is 21.6. The summed E-state index contributed by atoms with van der Waals surface area (Å²) in [5.41, 5.74) is 11.8. The number of allylic oxidation sites excluding steroid dienone is 6. The van der Waals surface area contributed by atoms with Gasteiger partial charge in [-0.05, 0) is 174 Å². The number of hydrogen-bond donors (Lipinski definition) is 0. The van der Waals surface area contributed by atoms with E-state index in [4.69, 9.17) is 18.1 Å². The first-order valence-electron chi connectivity index (χ1n) is 29.1. The second-order valence-corrected chi connectivity index (χ2v) is 34.3. The standard InChI is InChI=1S/C72H104O4P2/c1-45-37-61(57(69(17,18)19)41-53(45)65(5,6)7)73-77(74-62-38-46(2)54(66(8,9)10)42-58(62)70(20,21)22)51-33-29-49(30-34-51)50-31-35-52(36-32-50)78(75-63-39-47(3)55(67(11,12)13)43-59(63)71(23,24)25)76-64-40-48(4)56(68(14,15)16)44-60(64)72(26,27)28/h29-45,47,53,55H,1-28H3. The van der Waals surface area contributed by atoms with Crippen LogP contribution in [0.1, 0.15) is 213 Å². The highest BCUT2D eigenvalue weighted by Gasteiger charge is 2.40. The van der Waals surface area contributed by atoms with E-state index in [1.807, 2.05) is 0 Å². The van der Waals surface area contributed by atoms with Crippen molar-refractivity contribution in [2.75, 3.05) is 0 Å². The van der Waals surface area contributed by atoms with E-state index in [2.05, 4.69) is 291 Å². The molecule has 78 heavy (non-hydrogen) atoms. The Kier molecular flexibility index (Phi) is 18.1. The van der Waals surface area contributed by atoms with Gasteiger partial charge in [-0.2, -0.15) is 0 Å².